The van der Waals surface area contributed by atoms with Gasteiger partial charge >= 0.3 is 0 Å². The number of carbonyl (C=O) groups excluding carboxylic acids is 1. The summed E-state index contributed by atoms with van der Waals surface area (Å²) in [5, 5.41) is 4.27. The number of hydrogen-bond acceptors (Lipinski definition) is 5. The molecular formula is C17H23N3O3S. The lowest BCUT2D eigenvalue weighted by Crippen LogP contribution is -2.44. The van der Waals surface area contributed by atoms with E-state index < -0.39 is 9.84 Å². The Morgan fingerprint density at radius 3 is 2.75 bits per heavy atom. The van der Waals surface area contributed by atoms with Gasteiger partial charge in [-0.3, -0.25) is 14.7 Å². The molecular weight excluding hydrogens is 326 g/mol. The number of carbonyl (C=O) groups is 1. The molecule has 0 bridgehead atoms. The Morgan fingerprint density at radius 1 is 1.33 bits per heavy atom. The summed E-state index contributed by atoms with van der Waals surface area (Å²) in [4.78, 5) is 18.6. The third-order valence-corrected chi connectivity index (χ3v) is 6.00. The van der Waals surface area contributed by atoms with E-state index in [1.165, 1.54) is 11.0 Å². The molecule has 0 aromatic carbocycles. The Hall–Kier alpha value is -1.73. The number of allylic oxidation sites excluding steroid dienone is 1. The predicted octanol–water partition coefficient (Wildman–Crippen LogP) is 1.11. The molecule has 1 fully saturated rings. The van der Waals surface area contributed by atoms with E-state index in [0.29, 0.717) is 0 Å². The summed E-state index contributed by atoms with van der Waals surface area (Å²) in [5.74, 6) is -0.169. The standard InChI is InChI=1S/C17H23N3O3S/c21-17(10-14-5-9-24(22,23)13-14)19-16-3-7-20(8-4-16)12-15-2-1-6-18-11-15/h1-2,5-6,9,11,14,16H,3-4,7-8,10,12-13H2,(H,19,21)/t14-/m1/s1. The fourth-order valence-electron chi connectivity index (χ4n) is 3.28. The van der Waals surface area contributed by atoms with Crippen molar-refractivity contribution in [1.82, 2.24) is 15.2 Å². The third kappa shape index (κ3) is 4.88. The second kappa shape index (κ2) is 7.44. The normalized spacial score (nSPS) is 24.1. The highest BCUT2D eigenvalue weighted by Crippen LogP contribution is 2.19. The maximum absolute atomic E-state index is 12.1. The molecule has 1 aromatic rings. The molecule has 1 amide bonds. The molecule has 0 radical (unpaired) electrons. The summed E-state index contributed by atoms with van der Waals surface area (Å²) in [5.41, 5.74) is 1.20. The van der Waals surface area contributed by atoms with Crippen LogP contribution in [0.2, 0.25) is 0 Å². The molecule has 1 atom stereocenters. The van der Waals surface area contributed by atoms with E-state index in [0.717, 1.165) is 32.5 Å². The fraction of sp³-hybridized carbons (Fsp3) is 0.529. The van der Waals surface area contributed by atoms with Crippen molar-refractivity contribution >= 4 is 15.7 Å². The highest BCUT2D eigenvalue weighted by Gasteiger charge is 2.26. The van der Waals surface area contributed by atoms with Gasteiger partial charge in [-0.1, -0.05) is 12.1 Å². The van der Waals surface area contributed by atoms with E-state index in [1.54, 1.807) is 12.3 Å². The number of nitrogens with one attached hydrogen (secondary N) is 1. The maximum atomic E-state index is 12.1. The Kier molecular flexibility index (Phi) is 5.30. The number of rotatable bonds is 5. The van der Waals surface area contributed by atoms with Crippen molar-refractivity contribution in [2.24, 2.45) is 5.92 Å². The van der Waals surface area contributed by atoms with Crippen LogP contribution in [-0.4, -0.2) is 49.1 Å². The summed E-state index contributed by atoms with van der Waals surface area (Å²) < 4.78 is 22.7. The fourth-order valence-corrected chi connectivity index (χ4v) is 4.68. The summed E-state index contributed by atoms with van der Waals surface area (Å²) in [6.45, 7) is 2.77. The molecule has 0 spiro atoms. The zero-order valence-electron chi connectivity index (χ0n) is 13.6. The van der Waals surface area contributed by atoms with Crippen molar-refractivity contribution in [3.05, 3.63) is 41.6 Å². The Bertz CT molecular complexity index is 695. The van der Waals surface area contributed by atoms with Crippen molar-refractivity contribution in [1.29, 1.82) is 0 Å². The molecule has 2 aliphatic heterocycles. The monoisotopic (exact) mass is 349 g/mol. The summed E-state index contributed by atoms with van der Waals surface area (Å²) in [7, 11) is -3.08. The lowest BCUT2D eigenvalue weighted by Gasteiger charge is -2.32. The SMILES string of the molecule is O=C(C[C@H]1C=CS(=O)(=O)C1)NC1CCN(Cc2cccnc2)CC1. The van der Waals surface area contributed by atoms with E-state index in [9.17, 15) is 13.2 Å². The van der Waals surface area contributed by atoms with Gasteiger partial charge in [-0.25, -0.2) is 8.42 Å². The number of piperidine rings is 1. The second-order valence-electron chi connectivity index (χ2n) is 6.60. The number of aromatic nitrogens is 1. The van der Waals surface area contributed by atoms with Crippen molar-refractivity contribution in [3.63, 3.8) is 0 Å². The van der Waals surface area contributed by atoms with Gasteiger partial charge in [0.05, 0.1) is 5.75 Å². The molecule has 0 unspecified atom stereocenters. The number of pyridine rings is 1. The Morgan fingerprint density at radius 2 is 2.12 bits per heavy atom. The van der Waals surface area contributed by atoms with E-state index in [2.05, 4.69) is 21.3 Å². The molecule has 3 rings (SSSR count). The average Bonchev–Trinajstić information content (AvgIpc) is 2.89. The largest absolute Gasteiger partial charge is 0.353 e. The van der Waals surface area contributed by atoms with Crippen molar-refractivity contribution in [3.8, 4) is 0 Å². The molecule has 1 aromatic heterocycles. The second-order valence-corrected chi connectivity index (χ2v) is 8.53. The zero-order valence-corrected chi connectivity index (χ0v) is 14.4. The predicted molar refractivity (Wildman–Crippen MR) is 91.7 cm³/mol. The van der Waals surface area contributed by atoms with Crippen molar-refractivity contribution < 1.29 is 13.2 Å². The lowest BCUT2D eigenvalue weighted by molar-refractivity contribution is -0.122. The summed E-state index contributed by atoms with van der Waals surface area (Å²) in [6.07, 6.45) is 7.39. The van der Waals surface area contributed by atoms with Gasteiger partial charge in [-0.15, -0.1) is 0 Å². The molecule has 24 heavy (non-hydrogen) atoms. The summed E-state index contributed by atoms with van der Waals surface area (Å²) in [6, 6.07) is 4.20. The first kappa shape index (κ1) is 17.1. The molecule has 7 heteroatoms. The number of likely N-dealkylation sites (tertiary alicyclic amines) is 1. The van der Waals surface area contributed by atoms with Gasteiger partial charge in [0, 0.05) is 55.8 Å². The minimum absolute atomic E-state index is 0.0486. The van der Waals surface area contributed by atoms with Crippen LogP contribution in [0.4, 0.5) is 0 Å². The van der Waals surface area contributed by atoms with Crippen LogP contribution in [0, 0.1) is 5.92 Å². The van der Waals surface area contributed by atoms with Crippen molar-refractivity contribution in [2.75, 3.05) is 18.8 Å². The number of nitrogens with zero attached hydrogens (tertiary/aromatic N) is 2. The molecule has 2 aliphatic rings. The molecule has 130 valence electrons. The molecule has 1 N–H and O–H groups in total. The van der Waals surface area contributed by atoms with Crippen LogP contribution in [0.5, 0.6) is 0 Å². The van der Waals surface area contributed by atoms with Crippen LogP contribution >= 0.6 is 0 Å². The van der Waals surface area contributed by atoms with Crippen LogP contribution in [0.15, 0.2) is 36.0 Å². The minimum atomic E-state index is -3.08. The molecule has 0 saturated carbocycles. The van der Waals surface area contributed by atoms with Crippen LogP contribution < -0.4 is 5.32 Å². The van der Waals surface area contributed by atoms with Gasteiger partial charge in [0.2, 0.25) is 5.91 Å². The van der Waals surface area contributed by atoms with Gasteiger partial charge in [0.25, 0.3) is 0 Å². The van der Waals surface area contributed by atoms with Gasteiger partial charge in [0.15, 0.2) is 9.84 Å². The zero-order chi connectivity index (χ0) is 17.0. The third-order valence-electron chi connectivity index (χ3n) is 4.53. The van der Waals surface area contributed by atoms with Gasteiger partial charge in [-0.2, -0.15) is 0 Å². The van der Waals surface area contributed by atoms with Crippen LogP contribution in [-0.2, 0) is 21.2 Å². The highest BCUT2D eigenvalue weighted by molar-refractivity contribution is 7.94. The van der Waals surface area contributed by atoms with Gasteiger partial charge in [0.1, 0.15) is 0 Å². The van der Waals surface area contributed by atoms with Crippen molar-refractivity contribution in [2.45, 2.75) is 31.8 Å². The topological polar surface area (TPSA) is 79.4 Å². The number of hydrogen-bond donors (Lipinski definition) is 1. The number of sulfone groups is 1. The highest BCUT2D eigenvalue weighted by atomic mass is 32.2. The quantitative estimate of drug-likeness (QED) is 0.861. The van der Waals surface area contributed by atoms with E-state index in [1.807, 2.05) is 12.3 Å². The first-order valence-corrected chi connectivity index (χ1v) is 10.0. The molecule has 1 saturated heterocycles. The summed E-state index contributed by atoms with van der Waals surface area (Å²) >= 11 is 0. The van der Waals surface area contributed by atoms with E-state index >= 15 is 0 Å². The molecule has 3 heterocycles. The van der Waals surface area contributed by atoms with Crippen LogP contribution in [0.1, 0.15) is 24.8 Å². The minimum Gasteiger partial charge on any atom is -0.353 e. The van der Waals surface area contributed by atoms with Gasteiger partial charge in [-0.05, 0) is 24.5 Å². The number of amides is 1. The first-order valence-electron chi connectivity index (χ1n) is 8.32. The van der Waals surface area contributed by atoms with E-state index in [-0.39, 0.29) is 30.0 Å². The van der Waals surface area contributed by atoms with Gasteiger partial charge < -0.3 is 5.32 Å². The first-order chi connectivity index (χ1) is 11.5. The van der Waals surface area contributed by atoms with E-state index in [4.69, 9.17) is 0 Å². The average molecular weight is 349 g/mol. The molecule has 0 aliphatic carbocycles. The Labute approximate surface area is 142 Å². The smallest absolute Gasteiger partial charge is 0.220 e. The maximum Gasteiger partial charge on any atom is 0.220 e. The van der Waals surface area contributed by atoms with Crippen LogP contribution in [0.3, 0.4) is 0 Å². The Balaban J connectivity index is 1.39. The molecule has 6 nitrogen and oxygen atoms in total. The lowest BCUT2D eigenvalue weighted by atomic mass is 10.0. The van der Waals surface area contributed by atoms with Crippen LogP contribution in [0.25, 0.3) is 0 Å².